The molecule has 5 heteroatoms. The van der Waals surface area contributed by atoms with Crippen LogP contribution in [0.25, 0.3) is 10.2 Å². The topological polar surface area (TPSA) is 41.1 Å². The van der Waals surface area contributed by atoms with Crippen molar-refractivity contribution in [3.63, 3.8) is 0 Å². The van der Waals surface area contributed by atoms with Gasteiger partial charge in [0.1, 0.15) is 10.6 Å². The molecule has 96 valence electrons. The van der Waals surface area contributed by atoms with E-state index in [9.17, 15) is 0 Å². The number of hydrogen-bond acceptors (Lipinski definition) is 5. The van der Waals surface area contributed by atoms with Crippen molar-refractivity contribution in [1.82, 2.24) is 9.97 Å². The molecular weight excluding hydrogens is 244 g/mol. The summed E-state index contributed by atoms with van der Waals surface area (Å²) in [6.07, 6.45) is 3.73. The maximum atomic E-state index is 4.68. The van der Waals surface area contributed by atoms with Crippen LogP contribution in [0.4, 0.5) is 11.8 Å². The highest BCUT2D eigenvalue weighted by molar-refractivity contribution is 7.16. The molecule has 2 aromatic rings. The summed E-state index contributed by atoms with van der Waals surface area (Å²) in [5.41, 5.74) is 0. The Labute approximate surface area is 111 Å². The Kier molecular flexibility index (Phi) is 3.07. The average Bonchev–Trinajstić information content (AvgIpc) is 3.05. The van der Waals surface area contributed by atoms with E-state index in [-0.39, 0.29) is 0 Å². The molecule has 0 radical (unpaired) electrons. The van der Waals surface area contributed by atoms with E-state index in [0.717, 1.165) is 23.1 Å². The number of fused-ring (bicyclic) bond motifs is 1. The smallest absolute Gasteiger partial charge is 0.225 e. The van der Waals surface area contributed by atoms with Crippen molar-refractivity contribution in [2.24, 2.45) is 0 Å². The molecule has 1 N–H and O–H groups in total. The van der Waals surface area contributed by atoms with Crippen LogP contribution >= 0.6 is 11.3 Å². The molecule has 1 aliphatic heterocycles. The second kappa shape index (κ2) is 4.72. The van der Waals surface area contributed by atoms with Crippen molar-refractivity contribution in [3.05, 3.63) is 11.4 Å². The summed E-state index contributed by atoms with van der Waals surface area (Å²) in [5.74, 6) is 1.83. The Bertz CT molecular complexity index is 551. The lowest BCUT2D eigenvalue weighted by molar-refractivity contribution is 0.642. The van der Waals surface area contributed by atoms with E-state index in [1.165, 1.54) is 24.6 Å². The van der Waals surface area contributed by atoms with Gasteiger partial charge in [-0.1, -0.05) is 6.92 Å². The van der Waals surface area contributed by atoms with Crippen molar-refractivity contribution in [1.29, 1.82) is 0 Å². The number of hydrogen-bond donors (Lipinski definition) is 1. The van der Waals surface area contributed by atoms with E-state index in [1.54, 1.807) is 11.3 Å². The van der Waals surface area contributed by atoms with Crippen molar-refractivity contribution in [2.75, 3.05) is 23.8 Å². The minimum atomic E-state index is 0.632. The predicted molar refractivity (Wildman–Crippen MR) is 77.6 cm³/mol. The van der Waals surface area contributed by atoms with E-state index < -0.39 is 0 Å². The van der Waals surface area contributed by atoms with Gasteiger partial charge in [0.05, 0.1) is 5.39 Å². The van der Waals surface area contributed by atoms with Gasteiger partial charge in [0.25, 0.3) is 0 Å². The van der Waals surface area contributed by atoms with Crippen LogP contribution in [-0.2, 0) is 0 Å². The summed E-state index contributed by atoms with van der Waals surface area (Å²) >= 11 is 1.68. The highest BCUT2D eigenvalue weighted by atomic mass is 32.1. The minimum absolute atomic E-state index is 0.632. The van der Waals surface area contributed by atoms with Gasteiger partial charge >= 0.3 is 0 Å². The molecule has 18 heavy (non-hydrogen) atoms. The first-order valence-electron chi connectivity index (χ1n) is 6.53. The molecule has 0 aromatic carbocycles. The van der Waals surface area contributed by atoms with Crippen LogP contribution in [0.15, 0.2) is 11.4 Å². The maximum Gasteiger partial charge on any atom is 0.225 e. The Balaban J connectivity index is 2.11. The molecule has 1 saturated heterocycles. The first kappa shape index (κ1) is 11.7. The fourth-order valence-corrected chi connectivity index (χ4v) is 3.47. The summed E-state index contributed by atoms with van der Waals surface area (Å²) in [6.45, 7) is 3.37. The number of anilines is 2. The van der Waals surface area contributed by atoms with Crippen LogP contribution in [0, 0.1) is 0 Å². The summed E-state index contributed by atoms with van der Waals surface area (Å²) < 4.78 is 0. The van der Waals surface area contributed by atoms with Gasteiger partial charge in [0, 0.05) is 19.6 Å². The molecule has 1 atom stereocenters. The average molecular weight is 262 g/mol. The Morgan fingerprint density at radius 2 is 2.39 bits per heavy atom. The summed E-state index contributed by atoms with van der Waals surface area (Å²) in [5, 5.41) is 6.35. The van der Waals surface area contributed by atoms with E-state index in [4.69, 9.17) is 0 Å². The fourth-order valence-electron chi connectivity index (χ4n) is 2.71. The summed E-state index contributed by atoms with van der Waals surface area (Å²) in [6, 6.07) is 2.77. The monoisotopic (exact) mass is 262 g/mol. The summed E-state index contributed by atoms with van der Waals surface area (Å²) in [4.78, 5) is 12.7. The van der Waals surface area contributed by atoms with Gasteiger partial charge in [0.2, 0.25) is 5.95 Å². The molecule has 0 aliphatic carbocycles. The lowest BCUT2D eigenvalue weighted by atomic mass is 10.1. The van der Waals surface area contributed by atoms with Crippen LogP contribution in [0.5, 0.6) is 0 Å². The second-order valence-corrected chi connectivity index (χ2v) is 5.55. The molecule has 0 saturated carbocycles. The van der Waals surface area contributed by atoms with Crippen LogP contribution in [0.3, 0.4) is 0 Å². The number of nitrogens with one attached hydrogen (secondary N) is 1. The van der Waals surface area contributed by atoms with Crippen molar-refractivity contribution in [3.8, 4) is 0 Å². The molecule has 0 bridgehead atoms. The third kappa shape index (κ3) is 1.82. The zero-order valence-corrected chi connectivity index (χ0v) is 11.6. The lowest BCUT2D eigenvalue weighted by Crippen LogP contribution is -2.29. The first-order chi connectivity index (χ1) is 8.83. The van der Waals surface area contributed by atoms with Crippen LogP contribution in [0.2, 0.25) is 0 Å². The molecule has 3 rings (SSSR count). The maximum absolute atomic E-state index is 4.68. The Morgan fingerprint density at radius 3 is 3.17 bits per heavy atom. The van der Waals surface area contributed by atoms with Gasteiger partial charge in [0.15, 0.2) is 0 Å². The third-order valence-electron chi connectivity index (χ3n) is 3.65. The predicted octanol–water partition coefficient (Wildman–Crippen LogP) is 3.11. The van der Waals surface area contributed by atoms with Crippen molar-refractivity contribution >= 4 is 33.3 Å². The molecule has 1 fully saturated rings. The second-order valence-electron chi connectivity index (χ2n) is 4.66. The molecule has 4 nitrogen and oxygen atoms in total. The van der Waals surface area contributed by atoms with Crippen molar-refractivity contribution < 1.29 is 0 Å². The molecule has 1 aliphatic rings. The molecule has 1 unspecified atom stereocenters. The number of aromatic nitrogens is 2. The largest absolute Gasteiger partial charge is 0.357 e. The molecule has 0 spiro atoms. The van der Waals surface area contributed by atoms with Gasteiger partial charge in [-0.3, -0.25) is 0 Å². The van der Waals surface area contributed by atoms with Gasteiger partial charge in [-0.15, -0.1) is 11.3 Å². The van der Waals surface area contributed by atoms with E-state index >= 15 is 0 Å². The normalized spacial score (nSPS) is 19.7. The van der Waals surface area contributed by atoms with Crippen LogP contribution in [-0.4, -0.2) is 29.6 Å². The number of nitrogens with zero attached hydrogens (tertiary/aromatic N) is 3. The van der Waals surface area contributed by atoms with E-state index in [1.807, 2.05) is 7.05 Å². The highest BCUT2D eigenvalue weighted by Gasteiger charge is 2.26. The minimum Gasteiger partial charge on any atom is -0.357 e. The van der Waals surface area contributed by atoms with Crippen LogP contribution < -0.4 is 10.2 Å². The van der Waals surface area contributed by atoms with Gasteiger partial charge in [-0.2, -0.15) is 4.98 Å². The third-order valence-corrected chi connectivity index (χ3v) is 4.46. The molecular formula is C13H18N4S. The highest BCUT2D eigenvalue weighted by Crippen LogP contribution is 2.33. The zero-order valence-electron chi connectivity index (χ0n) is 10.8. The number of thiophene rings is 1. The van der Waals surface area contributed by atoms with E-state index in [0.29, 0.717) is 6.04 Å². The number of rotatable bonds is 3. The standard InChI is InChI=1S/C13H18N4S/c1-3-9-5-4-7-17(9)11-10-6-8-18-12(10)16-13(14-2)15-11/h6,8-9H,3-5,7H2,1-2H3,(H,14,15,16). The van der Waals surface area contributed by atoms with E-state index in [2.05, 4.69) is 38.6 Å². The SMILES string of the molecule is CCC1CCCN1c1nc(NC)nc2sccc12. The van der Waals surface area contributed by atoms with Gasteiger partial charge < -0.3 is 10.2 Å². The summed E-state index contributed by atoms with van der Waals surface area (Å²) in [7, 11) is 1.87. The molecule has 0 amide bonds. The Hall–Kier alpha value is -1.36. The zero-order chi connectivity index (χ0) is 12.5. The Morgan fingerprint density at radius 1 is 1.50 bits per heavy atom. The molecule has 2 aromatic heterocycles. The lowest BCUT2D eigenvalue weighted by Gasteiger charge is -2.25. The van der Waals surface area contributed by atoms with Gasteiger partial charge in [-0.05, 0) is 30.7 Å². The first-order valence-corrected chi connectivity index (χ1v) is 7.41. The van der Waals surface area contributed by atoms with Gasteiger partial charge in [-0.25, -0.2) is 4.98 Å². The fraction of sp³-hybridized carbons (Fsp3) is 0.538. The molecule has 3 heterocycles. The quantitative estimate of drug-likeness (QED) is 0.922. The van der Waals surface area contributed by atoms with Crippen LogP contribution in [0.1, 0.15) is 26.2 Å². The van der Waals surface area contributed by atoms with Crippen molar-refractivity contribution in [2.45, 2.75) is 32.2 Å².